The van der Waals surface area contributed by atoms with E-state index in [2.05, 4.69) is 10.00 Å². The Hall–Kier alpha value is -0.620. The Bertz CT molecular complexity index is 422. The van der Waals surface area contributed by atoms with Gasteiger partial charge in [0.2, 0.25) is 0 Å². The molecule has 3 atom stereocenters. The van der Waals surface area contributed by atoms with Crippen molar-refractivity contribution in [1.29, 1.82) is 0 Å². The van der Waals surface area contributed by atoms with Gasteiger partial charge in [-0.1, -0.05) is 11.6 Å². The van der Waals surface area contributed by atoms with Gasteiger partial charge in [-0.3, -0.25) is 4.68 Å². The highest BCUT2D eigenvalue weighted by Gasteiger charge is 2.32. The van der Waals surface area contributed by atoms with E-state index >= 15 is 0 Å². The molecule has 5 nitrogen and oxygen atoms in total. The van der Waals surface area contributed by atoms with Gasteiger partial charge in [-0.2, -0.15) is 5.10 Å². The van der Waals surface area contributed by atoms with Crippen molar-refractivity contribution in [2.45, 2.75) is 44.6 Å². The van der Waals surface area contributed by atoms with Crippen molar-refractivity contribution in [3.05, 3.63) is 16.9 Å². The van der Waals surface area contributed by atoms with Crippen molar-refractivity contribution in [1.82, 2.24) is 14.7 Å². The number of nitrogens with zero attached hydrogens (tertiary/aromatic N) is 3. The first-order valence-electron chi connectivity index (χ1n) is 6.68. The lowest BCUT2D eigenvalue weighted by atomic mass is 10.1. The molecule has 1 aliphatic rings. The maximum Gasteiger partial charge on any atom is 0.123 e. The van der Waals surface area contributed by atoms with Gasteiger partial charge >= 0.3 is 0 Å². The fourth-order valence-corrected chi connectivity index (χ4v) is 2.63. The van der Waals surface area contributed by atoms with E-state index in [4.69, 9.17) is 16.3 Å². The van der Waals surface area contributed by atoms with Crippen molar-refractivity contribution < 1.29 is 9.84 Å². The van der Waals surface area contributed by atoms with Crippen LogP contribution in [0.2, 0.25) is 5.02 Å². The van der Waals surface area contributed by atoms with Crippen molar-refractivity contribution in [3.8, 4) is 0 Å². The minimum absolute atomic E-state index is 0.178. The molecule has 1 aromatic rings. The van der Waals surface area contributed by atoms with E-state index in [1.54, 1.807) is 10.9 Å². The number of halogens is 1. The Labute approximate surface area is 119 Å². The van der Waals surface area contributed by atoms with Crippen LogP contribution in [0.25, 0.3) is 0 Å². The minimum Gasteiger partial charge on any atom is -0.384 e. The Kier molecular flexibility index (Phi) is 4.84. The third kappa shape index (κ3) is 3.48. The molecule has 2 heterocycles. The lowest BCUT2D eigenvalue weighted by Gasteiger charge is -2.21. The highest BCUT2D eigenvalue weighted by molar-refractivity contribution is 6.31. The number of aromatic nitrogens is 2. The standard InChI is InChI=1S/C13H22ClN3O2/c1-9-4-5-11(19-9)13(18)12-10(14)8-15-17(12)7-6-16(2)3/h8-9,11,13,18H,4-7H2,1-3H3. The van der Waals surface area contributed by atoms with Crippen LogP contribution in [0.1, 0.15) is 31.6 Å². The van der Waals surface area contributed by atoms with Gasteiger partial charge in [-0.25, -0.2) is 0 Å². The molecule has 19 heavy (non-hydrogen) atoms. The zero-order valence-electron chi connectivity index (χ0n) is 11.7. The molecule has 0 bridgehead atoms. The number of rotatable bonds is 5. The lowest BCUT2D eigenvalue weighted by Crippen LogP contribution is -2.25. The molecule has 0 radical (unpaired) electrons. The van der Waals surface area contributed by atoms with Crippen LogP contribution in [0.4, 0.5) is 0 Å². The van der Waals surface area contributed by atoms with E-state index in [0.29, 0.717) is 17.3 Å². The third-order valence-corrected chi connectivity index (χ3v) is 3.78. The summed E-state index contributed by atoms with van der Waals surface area (Å²) in [5.74, 6) is 0. The van der Waals surface area contributed by atoms with Crippen molar-refractivity contribution in [2.75, 3.05) is 20.6 Å². The fraction of sp³-hybridized carbons (Fsp3) is 0.769. The first-order valence-corrected chi connectivity index (χ1v) is 7.06. The summed E-state index contributed by atoms with van der Waals surface area (Å²) in [7, 11) is 4.01. The molecule has 108 valence electrons. The molecule has 1 aromatic heterocycles. The SMILES string of the molecule is CC1CCC(C(O)c2c(Cl)cnn2CCN(C)C)O1. The van der Waals surface area contributed by atoms with Crippen LogP contribution in [0.5, 0.6) is 0 Å². The molecule has 1 fully saturated rings. The maximum atomic E-state index is 10.5. The number of likely N-dealkylation sites (N-methyl/N-ethyl adjacent to an activating group) is 1. The molecule has 0 amide bonds. The number of aliphatic hydroxyl groups excluding tert-OH is 1. The number of ether oxygens (including phenoxy) is 1. The third-order valence-electron chi connectivity index (χ3n) is 3.49. The van der Waals surface area contributed by atoms with Crippen molar-refractivity contribution in [2.24, 2.45) is 0 Å². The Morgan fingerprint density at radius 2 is 2.32 bits per heavy atom. The maximum absolute atomic E-state index is 10.5. The first-order chi connectivity index (χ1) is 8.99. The summed E-state index contributed by atoms with van der Waals surface area (Å²) in [5.41, 5.74) is 0.669. The number of hydrogen-bond donors (Lipinski definition) is 1. The Morgan fingerprint density at radius 1 is 1.58 bits per heavy atom. The molecule has 1 N–H and O–H groups in total. The van der Waals surface area contributed by atoms with Gasteiger partial charge in [-0.15, -0.1) is 0 Å². The average molecular weight is 288 g/mol. The van der Waals surface area contributed by atoms with E-state index < -0.39 is 6.10 Å². The largest absolute Gasteiger partial charge is 0.384 e. The average Bonchev–Trinajstić information content (AvgIpc) is 2.92. The minimum atomic E-state index is -0.706. The summed E-state index contributed by atoms with van der Waals surface area (Å²) < 4.78 is 7.50. The van der Waals surface area contributed by atoms with Gasteiger partial charge in [0, 0.05) is 6.54 Å². The smallest absolute Gasteiger partial charge is 0.123 e. The van der Waals surface area contributed by atoms with Gasteiger partial charge in [0.1, 0.15) is 6.10 Å². The summed E-state index contributed by atoms with van der Waals surface area (Å²) in [6.45, 7) is 3.58. The Morgan fingerprint density at radius 3 is 2.89 bits per heavy atom. The van der Waals surface area contributed by atoms with E-state index in [-0.39, 0.29) is 12.2 Å². The number of aliphatic hydroxyl groups is 1. The van der Waals surface area contributed by atoms with Crippen molar-refractivity contribution in [3.63, 3.8) is 0 Å². The normalized spacial score (nSPS) is 25.2. The second-order valence-electron chi connectivity index (χ2n) is 5.41. The van der Waals surface area contributed by atoms with Crippen LogP contribution in [-0.4, -0.2) is 52.6 Å². The fourth-order valence-electron chi connectivity index (χ4n) is 2.38. The van der Waals surface area contributed by atoms with Crippen molar-refractivity contribution >= 4 is 11.6 Å². The van der Waals surface area contributed by atoms with Crippen LogP contribution >= 0.6 is 11.6 Å². The number of hydrogen-bond acceptors (Lipinski definition) is 4. The first kappa shape index (κ1) is 14.8. The van der Waals surface area contributed by atoms with E-state index in [1.165, 1.54) is 0 Å². The molecule has 0 saturated carbocycles. The summed E-state index contributed by atoms with van der Waals surface area (Å²) in [6, 6.07) is 0. The van der Waals surface area contributed by atoms with Gasteiger partial charge in [-0.05, 0) is 33.9 Å². The predicted molar refractivity (Wildman–Crippen MR) is 74.3 cm³/mol. The van der Waals surface area contributed by atoms with Crippen LogP contribution < -0.4 is 0 Å². The van der Waals surface area contributed by atoms with Crippen LogP contribution in [0.15, 0.2) is 6.20 Å². The molecule has 1 saturated heterocycles. The van der Waals surface area contributed by atoms with E-state index in [0.717, 1.165) is 19.4 Å². The molecular formula is C13H22ClN3O2. The van der Waals surface area contributed by atoms with E-state index in [1.807, 2.05) is 21.0 Å². The molecule has 0 aromatic carbocycles. The molecular weight excluding hydrogens is 266 g/mol. The molecule has 0 aliphatic carbocycles. The van der Waals surface area contributed by atoms with Gasteiger partial charge < -0.3 is 14.7 Å². The molecule has 3 unspecified atom stereocenters. The summed E-state index contributed by atoms with van der Waals surface area (Å²) in [5, 5.41) is 15.2. The van der Waals surface area contributed by atoms with Crippen LogP contribution in [0, 0.1) is 0 Å². The molecule has 6 heteroatoms. The highest BCUT2D eigenvalue weighted by atomic mass is 35.5. The molecule has 2 rings (SSSR count). The summed E-state index contributed by atoms with van der Waals surface area (Å²) in [6.07, 6.45) is 2.75. The zero-order chi connectivity index (χ0) is 14.0. The quantitative estimate of drug-likeness (QED) is 0.896. The van der Waals surface area contributed by atoms with Crippen LogP contribution in [-0.2, 0) is 11.3 Å². The summed E-state index contributed by atoms with van der Waals surface area (Å²) >= 11 is 6.16. The summed E-state index contributed by atoms with van der Waals surface area (Å²) in [4.78, 5) is 2.07. The zero-order valence-corrected chi connectivity index (χ0v) is 12.5. The molecule has 0 spiro atoms. The second-order valence-corrected chi connectivity index (χ2v) is 5.82. The topological polar surface area (TPSA) is 50.5 Å². The Balaban J connectivity index is 2.11. The molecule has 1 aliphatic heterocycles. The van der Waals surface area contributed by atoms with Gasteiger partial charge in [0.05, 0.1) is 35.7 Å². The van der Waals surface area contributed by atoms with Crippen LogP contribution in [0.3, 0.4) is 0 Å². The second kappa shape index (κ2) is 6.22. The van der Waals surface area contributed by atoms with Gasteiger partial charge in [0.15, 0.2) is 0 Å². The lowest BCUT2D eigenvalue weighted by molar-refractivity contribution is -0.0332. The predicted octanol–water partition coefficient (Wildman–Crippen LogP) is 1.70. The highest BCUT2D eigenvalue weighted by Crippen LogP contribution is 2.33. The monoisotopic (exact) mass is 287 g/mol. The van der Waals surface area contributed by atoms with E-state index in [9.17, 15) is 5.11 Å². The van der Waals surface area contributed by atoms with Gasteiger partial charge in [0.25, 0.3) is 0 Å².